The summed E-state index contributed by atoms with van der Waals surface area (Å²) in [6, 6.07) is -0.146. The van der Waals surface area contributed by atoms with E-state index in [1.165, 1.54) is 18.4 Å². The second kappa shape index (κ2) is 4.49. The maximum absolute atomic E-state index is 5.91. The van der Waals surface area contributed by atoms with Crippen LogP contribution in [0.2, 0.25) is 0 Å². The van der Waals surface area contributed by atoms with E-state index < -0.39 is 0 Å². The van der Waals surface area contributed by atoms with Crippen molar-refractivity contribution in [2.24, 2.45) is 16.6 Å². The van der Waals surface area contributed by atoms with Crippen molar-refractivity contribution in [1.82, 2.24) is 15.3 Å². The lowest BCUT2D eigenvalue weighted by Crippen LogP contribution is -2.28. The van der Waals surface area contributed by atoms with Crippen LogP contribution >= 0.6 is 0 Å². The molecule has 5 nitrogen and oxygen atoms in total. The molecule has 1 aromatic heterocycles. The lowest BCUT2D eigenvalue weighted by molar-refractivity contribution is 0.765. The number of hydrogen-bond acceptors (Lipinski definition) is 5. The van der Waals surface area contributed by atoms with E-state index >= 15 is 0 Å². The molecule has 1 aromatic rings. The molecule has 0 spiro atoms. The Kier molecular flexibility index (Phi) is 2.83. The van der Waals surface area contributed by atoms with Gasteiger partial charge in [0.15, 0.2) is 5.84 Å². The predicted octanol–water partition coefficient (Wildman–Crippen LogP) is 1.14. The molecule has 1 atom stereocenters. The number of nitrogens with two attached hydrogens (primary N) is 1. The first-order valence-electron chi connectivity index (χ1n) is 6.32. The number of amidine groups is 1. The summed E-state index contributed by atoms with van der Waals surface area (Å²) in [6.45, 7) is 2.67. The third-order valence-corrected chi connectivity index (χ3v) is 3.30. The van der Waals surface area contributed by atoms with Crippen LogP contribution in [0.1, 0.15) is 37.2 Å². The van der Waals surface area contributed by atoms with Crippen LogP contribution in [0.3, 0.4) is 0 Å². The van der Waals surface area contributed by atoms with Crippen LogP contribution in [0.4, 0.5) is 0 Å². The molecule has 0 aromatic carbocycles. The average Bonchev–Trinajstić information content (AvgIpc) is 3.23. The highest BCUT2D eigenvalue weighted by atomic mass is 15.0. The van der Waals surface area contributed by atoms with Gasteiger partial charge >= 0.3 is 0 Å². The largest absolute Gasteiger partial charge is 0.345 e. The molecule has 1 fully saturated rings. The molecular weight excluding hydrogens is 226 g/mol. The molecule has 1 aliphatic carbocycles. The molecule has 2 heterocycles. The summed E-state index contributed by atoms with van der Waals surface area (Å²) in [4.78, 5) is 13.2. The fraction of sp³-hybridized carbons (Fsp3) is 0.462. The average molecular weight is 243 g/mol. The molecule has 0 radical (unpaired) electrons. The summed E-state index contributed by atoms with van der Waals surface area (Å²) < 4.78 is 0. The maximum atomic E-state index is 5.91. The Hall–Kier alpha value is -1.75. The van der Waals surface area contributed by atoms with Crippen molar-refractivity contribution in [3.05, 3.63) is 35.6 Å². The van der Waals surface area contributed by atoms with Gasteiger partial charge in [-0.1, -0.05) is 0 Å². The number of aromatic nitrogens is 2. The number of hydrogen-bond donors (Lipinski definition) is 2. The molecule has 18 heavy (non-hydrogen) atoms. The van der Waals surface area contributed by atoms with Crippen molar-refractivity contribution in [1.29, 1.82) is 0 Å². The molecule has 0 saturated heterocycles. The van der Waals surface area contributed by atoms with Crippen molar-refractivity contribution in [2.45, 2.75) is 25.8 Å². The summed E-state index contributed by atoms with van der Waals surface area (Å²) in [5, 5.41) is 3.23. The van der Waals surface area contributed by atoms with Crippen molar-refractivity contribution in [3.8, 4) is 0 Å². The molecule has 1 unspecified atom stereocenters. The van der Waals surface area contributed by atoms with E-state index in [0.29, 0.717) is 0 Å². The van der Waals surface area contributed by atoms with E-state index in [9.17, 15) is 0 Å². The second-order valence-corrected chi connectivity index (χ2v) is 4.88. The van der Waals surface area contributed by atoms with Gasteiger partial charge in [0.2, 0.25) is 0 Å². The Bertz CT molecular complexity index is 514. The predicted molar refractivity (Wildman–Crippen MR) is 70.0 cm³/mol. The van der Waals surface area contributed by atoms with E-state index in [1.54, 1.807) is 12.4 Å². The van der Waals surface area contributed by atoms with Gasteiger partial charge in [0.05, 0.1) is 12.2 Å². The van der Waals surface area contributed by atoms with Crippen molar-refractivity contribution in [2.75, 3.05) is 6.54 Å². The molecule has 2 aliphatic rings. The third kappa shape index (κ3) is 2.13. The highest BCUT2D eigenvalue weighted by Crippen LogP contribution is 2.36. The zero-order chi connectivity index (χ0) is 12.5. The van der Waals surface area contributed by atoms with E-state index in [0.717, 1.165) is 29.7 Å². The summed E-state index contributed by atoms with van der Waals surface area (Å²) in [7, 11) is 0. The molecule has 3 N–H and O–H groups in total. The van der Waals surface area contributed by atoms with Crippen LogP contribution in [0.25, 0.3) is 0 Å². The Morgan fingerprint density at radius 1 is 1.33 bits per heavy atom. The van der Waals surface area contributed by atoms with E-state index in [2.05, 4.69) is 26.5 Å². The van der Waals surface area contributed by atoms with Gasteiger partial charge in [-0.2, -0.15) is 0 Å². The number of nitrogens with one attached hydrogen (secondary N) is 1. The van der Waals surface area contributed by atoms with Crippen LogP contribution in [-0.2, 0) is 0 Å². The van der Waals surface area contributed by atoms with Crippen molar-refractivity contribution in [3.63, 3.8) is 0 Å². The van der Waals surface area contributed by atoms with Gasteiger partial charge in [0, 0.05) is 24.6 Å². The molecule has 3 rings (SSSR count). The molecule has 1 aliphatic heterocycles. The number of rotatable bonds is 3. The maximum Gasteiger partial charge on any atom is 0.153 e. The zero-order valence-corrected chi connectivity index (χ0v) is 10.4. The fourth-order valence-corrected chi connectivity index (χ4v) is 2.13. The van der Waals surface area contributed by atoms with Gasteiger partial charge in [0.25, 0.3) is 0 Å². The summed E-state index contributed by atoms with van der Waals surface area (Å²) in [5.74, 6) is 1.53. The molecule has 1 saturated carbocycles. The Balaban J connectivity index is 1.84. The zero-order valence-electron chi connectivity index (χ0n) is 10.4. The van der Waals surface area contributed by atoms with Crippen molar-refractivity contribution < 1.29 is 0 Å². The van der Waals surface area contributed by atoms with Gasteiger partial charge in [-0.25, -0.2) is 4.98 Å². The quantitative estimate of drug-likeness (QED) is 0.834. The van der Waals surface area contributed by atoms with Gasteiger partial charge in [-0.05, 0) is 31.3 Å². The molecule has 5 heteroatoms. The van der Waals surface area contributed by atoms with E-state index in [1.807, 2.05) is 6.92 Å². The minimum Gasteiger partial charge on any atom is -0.345 e. The highest BCUT2D eigenvalue weighted by Gasteiger charge is 2.27. The minimum atomic E-state index is -0.146. The molecule has 0 amide bonds. The highest BCUT2D eigenvalue weighted by molar-refractivity contribution is 5.99. The number of aliphatic imine (C=N–C) groups is 1. The van der Waals surface area contributed by atoms with Crippen LogP contribution < -0.4 is 11.1 Å². The Labute approximate surface area is 106 Å². The lowest BCUT2D eigenvalue weighted by Gasteiger charge is -2.17. The second-order valence-electron chi connectivity index (χ2n) is 4.88. The van der Waals surface area contributed by atoms with Gasteiger partial charge in [0.1, 0.15) is 5.69 Å². The number of nitrogens with zero attached hydrogens (tertiary/aromatic N) is 3. The van der Waals surface area contributed by atoms with Crippen LogP contribution in [0.15, 0.2) is 29.2 Å². The summed E-state index contributed by atoms with van der Waals surface area (Å²) >= 11 is 0. The molecule has 94 valence electrons. The van der Waals surface area contributed by atoms with Gasteiger partial charge < -0.3 is 11.1 Å². The first-order valence-corrected chi connectivity index (χ1v) is 6.32. The Morgan fingerprint density at radius 3 is 2.72 bits per heavy atom. The smallest absolute Gasteiger partial charge is 0.153 e. The van der Waals surface area contributed by atoms with E-state index in [4.69, 9.17) is 5.73 Å². The Morgan fingerprint density at radius 2 is 2.11 bits per heavy atom. The van der Waals surface area contributed by atoms with Gasteiger partial charge in [-0.3, -0.25) is 9.98 Å². The third-order valence-electron chi connectivity index (χ3n) is 3.30. The SMILES string of the molecule is CC(N)c1nccnc1C1=NCC(C2CC2)=CN1. The first-order chi connectivity index (χ1) is 8.75. The van der Waals surface area contributed by atoms with Crippen LogP contribution in [0.5, 0.6) is 0 Å². The minimum absolute atomic E-state index is 0.146. The monoisotopic (exact) mass is 243 g/mol. The summed E-state index contributed by atoms with van der Waals surface area (Å²) in [6.07, 6.45) is 8.01. The van der Waals surface area contributed by atoms with E-state index in [-0.39, 0.29) is 6.04 Å². The molecule has 0 bridgehead atoms. The standard InChI is InChI=1S/C13H17N5/c1-8(14)11-12(16-5-4-15-11)13-17-6-10(7-18-13)9-2-3-9/h4-6,8-9H,2-3,7,14H2,1H3,(H,17,18). The fourth-order valence-electron chi connectivity index (χ4n) is 2.13. The first kappa shape index (κ1) is 11.3. The molecular formula is C13H17N5. The van der Waals surface area contributed by atoms with Crippen LogP contribution in [-0.4, -0.2) is 22.3 Å². The lowest BCUT2D eigenvalue weighted by atomic mass is 10.1. The van der Waals surface area contributed by atoms with Crippen molar-refractivity contribution >= 4 is 5.84 Å². The summed E-state index contributed by atoms with van der Waals surface area (Å²) in [5.41, 5.74) is 8.85. The van der Waals surface area contributed by atoms with Crippen LogP contribution in [0, 0.1) is 5.92 Å². The van der Waals surface area contributed by atoms with Gasteiger partial charge in [-0.15, -0.1) is 0 Å². The normalized spacial score (nSPS) is 20.8. The topological polar surface area (TPSA) is 76.2 Å².